The van der Waals surface area contributed by atoms with E-state index in [1.54, 1.807) is 30.3 Å². The third-order valence-electron chi connectivity index (χ3n) is 3.79. The summed E-state index contributed by atoms with van der Waals surface area (Å²) in [6.45, 7) is -0.438. The largest absolute Gasteiger partial charge is 0.353 e. The van der Waals surface area contributed by atoms with Gasteiger partial charge in [-0.3, -0.25) is 28.3 Å². The van der Waals surface area contributed by atoms with Gasteiger partial charge in [0.1, 0.15) is 11.8 Å². The van der Waals surface area contributed by atoms with Gasteiger partial charge in [-0.05, 0) is 5.56 Å². The Morgan fingerprint density at radius 2 is 1.47 bits per heavy atom. The van der Waals surface area contributed by atoms with Crippen molar-refractivity contribution in [3.8, 4) is 0 Å². The number of carbonyl (C=O) groups excluding carboxylic acids is 4. The van der Waals surface area contributed by atoms with E-state index in [1.807, 2.05) is 5.32 Å². The molecular formula is C17H23N3O10S2. The van der Waals surface area contributed by atoms with Crippen LogP contribution in [0.15, 0.2) is 30.3 Å². The first-order valence-electron chi connectivity index (χ1n) is 9.09. The number of amides is 3. The standard InChI is InChI=1S/C17H23N3O10S2/c21-14(10-12-4-2-1-3-5-12)17(24)19-8-7-18-16(23)13(11-32(28,29)30)20-15(22)6-9-31(25,26)27/h1-5,13H,6-11H2,(H,18,23)(H,19,24)(H,20,22)(H,25,26,27)(H,28,29,30). The Morgan fingerprint density at radius 3 is 2.03 bits per heavy atom. The molecule has 1 atom stereocenters. The fraction of sp³-hybridized carbons (Fsp3) is 0.412. The zero-order chi connectivity index (χ0) is 24.4. The lowest BCUT2D eigenvalue weighted by Gasteiger charge is -2.17. The summed E-state index contributed by atoms with van der Waals surface area (Å²) < 4.78 is 61.1. The van der Waals surface area contributed by atoms with Gasteiger partial charge < -0.3 is 16.0 Å². The van der Waals surface area contributed by atoms with E-state index in [4.69, 9.17) is 9.11 Å². The molecule has 1 aromatic carbocycles. The molecule has 0 heterocycles. The SMILES string of the molecule is O=C(CCS(=O)(=O)O)NC(CS(=O)(=O)O)C(=O)NCCNC(=O)C(=O)Cc1ccccc1. The van der Waals surface area contributed by atoms with E-state index >= 15 is 0 Å². The summed E-state index contributed by atoms with van der Waals surface area (Å²) >= 11 is 0. The van der Waals surface area contributed by atoms with Crippen LogP contribution in [0.25, 0.3) is 0 Å². The second-order valence-electron chi connectivity index (χ2n) is 6.54. The molecule has 0 saturated heterocycles. The van der Waals surface area contributed by atoms with Crippen LogP contribution in [0.3, 0.4) is 0 Å². The van der Waals surface area contributed by atoms with Crippen molar-refractivity contribution in [2.75, 3.05) is 24.6 Å². The topological polar surface area (TPSA) is 213 Å². The molecule has 13 nitrogen and oxygen atoms in total. The van der Waals surface area contributed by atoms with Crippen LogP contribution in [0, 0.1) is 0 Å². The van der Waals surface area contributed by atoms with Gasteiger partial charge in [0, 0.05) is 25.9 Å². The Kier molecular flexibility index (Phi) is 10.4. The number of Topliss-reactive ketones (excluding diaryl/α,β-unsaturated/α-hetero) is 1. The highest BCUT2D eigenvalue weighted by Gasteiger charge is 2.26. The summed E-state index contributed by atoms with van der Waals surface area (Å²) in [6, 6.07) is 6.74. The van der Waals surface area contributed by atoms with Crippen molar-refractivity contribution in [1.29, 1.82) is 0 Å². The van der Waals surface area contributed by atoms with Crippen molar-refractivity contribution in [1.82, 2.24) is 16.0 Å². The van der Waals surface area contributed by atoms with Crippen LogP contribution in [-0.4, -0.2) is 80.1 Å². The Bertz CT molecular complexity index is 1040. The van der Waals surface area contributed by atoms with Gasteiger partial charge in [-0.25, -0.2) is 0 Å². The number of ketones is 1. The number of carbonyl (C=O) groups is 4. The third-order valence-corrected chi connectivity index (χ3v) is 5.26. The van der Waals surface area contributed by atoms with E-state index in [-0.39, 0.29) is 19.5 Å². The second-order valence-corrected chi connectivity index (χ2v) is 9.61. The second kappa shape index (κ2) is 12.2. The lowest BCUT2D eigenvalue weighted by atomic mass is 10.1. The Balaban J connectivity index is 2.52. The molecule has 1 unspecified atom stereocenters. The van der Waals surface area contributed by atoms with Gasteiger partial charge in [0.25, 0.3) is 26.1 Å². The van der Waals surface area contributed by atoms with E-state index in [0.717, 1.165) is 0 Å². The highest BCUT2D eigenvalue weighted by Crippen LogP contribution is 2.00. The van der Waals surface area contributed by atoms with E-state index in [0.29, 0.717) is 5.56 Å². The van der Waals surface area contributed by atoms with Crippen molar-refractivity contribution in [3.63, 3.8) is 0 Å². The normalized spacial score (nSPS) is 12.4. The fourth-order valence-electron chi connectivity index (χ4n) is 2.33. The van der Waals surface area contributed by atoms with Crippen LogP contribution in [0.4, 0.5) is 0 Å². The molecule has 0 saturated carbocycles. The first-order chi connectivity index (χ1) is 14.8. The van der Waals surface area contributed by atoms with Crippen LogP contribution in [0.5, 0.6) is 0 Å². The van der Waals surface area contributed by atoms with Crippen molar-refractivity contribution in [2.24, 2.45) is 0 Å². The molecule has 15 heteroatoms. The smallest absolute Gasteiger partial charge is 0.287 e. The van der Waals surface area contributed by atoms with Gasteiger partial charge in [-0.1, -0.05) is 30.3 Å². The molecule has 1 aromatic rings. The molecule has 0 radical (unpaired) electrons. The van der Waals surface area contributed by atoms with E-state index in [9.17, 15) is 36.0 Å². The summed E-state index contributed by atoms with van der Waals surface area (Å²) in [5.41, 5.74) is 0.638. The van der Waals surface area contributed by atoms with Crippen molar-refractivity contribution < 1.29 is 45.1 Å². The maximum Gasteiger partial charge on any atom is 0.287 e. The van der Waals surface area contributed by atoms with Gasteiger partial charge in [-0.2, -0.15) is 16.8 Å². The Morgan fingerprint density at radius 1 is 0.875 bits per heavy atom. The molecule has 5 N–H and O–H groups in total. The monoisotopic (exact) mass is 493 g/mol. The molecule has 1 rings (SSSR count). The minimum atomic E-state index is -4.70. The molecule has 0 aromatic heterocycles. The minimum Gasteiger partial charge on any atom is -0.353 e. The zero-order valence-corrected chi connectivity index (χ0v) is 18.3. The quantitative estimate of drug-likeness (QED) is 0.112. The maximum atomic E-state index is 12.1. The molecule has 0 bridgehead atoms. The molecule has 32 heavy (non-hydrogen) atoms. The number of benzene rings is 1. The van der Waals surface area contributed by atoms with Gasteiger partial charge in [0.2, 0.25) is 17.6 Å². The first-order valence-corrected chi connectivity index (χ1v) is 12.3. The molecule has 178 valence electrons. The molecule has 0 aliphatic rings. The van der Waals surface area contributed by atoms with Crippen molar-refractivity contribution in [3.05, 3.63) is 35.9 Å². The molecule has 0 fully saturated rings. The predicted octanol–water partition coefficient (Wildman–Crippen LogP) is -2.32. The highest BCUT2D eigenvalue weighted by atomic mass is 32.2. The third kappa shape index (κ3) is 12.1. The van der Waals surface area contributed by atoms with E-state index in [2.05, 4.69) is 10.6 Å². The summed E-state index contributed by atoms with van der Waals surface area (Å²) in [7, 11) is -9.16. The molecule has 3 amide bonds. The fourth-order valence-corrected chi connectivity index (χ4v) is 3.43. The Hall–Kier alpha value is -2.88. The average molecular weight is 494 g/mol. The summed E-state index contributed by atoms with van der Waals surface area (Å²) in [6.07, 6.45) is -0.876. The van der Waals surface area contributed by atoms with Crippen LogP contribution in [0.2, 0.25) is 0 Å². The maximum absolute atomic E-state index is 12.1. The van der Waals surface area contributed by atoms with Gasteiger partial charge in [-0.15, -0.1) is 0 Å². The van der Waals surface area contributed by atoms with E-state index in [1.165, 1.54) is 0 Å². The number of hydrogen-bond acceptors (Lipinski definition) is 8. The van der Waals surface area contributed by atoms with E-state index < -0.39 is 67.7 Å². The predicted molar refractivity (Wildman–Crippen MR) is 111 cm³/mol. The Labute approximate surface area is 184 Å². The molecule has 0 aliphatic heterocycles. The van der Waals surface area contributed by atoms with Crippen LogP contribution >= 0.6 is 0 Å². The average Bonchev–Trinajstić information content (AvgIpc) is 2.68. The minimum absolute atomic E-state index is 0.120. The zero-order valence-electron chi connectivity index (χ0n) is 16.7. The highest BCUT2D eigenvalue weighted by molar-refractivity contribution is 7.86. The van der Waals surface area contributed by atoms with Crippen molar-refractivity contribution >= 4 is 43.7 Å². The molecular weight excluding hydrogens is 470 g/mol. The lowest BCUT2D eigenvalue weighted by molar-refractivity contribution is -0.137. The van der Waals surface area contributed by atoms with Crippen molar-refractivity contribution in [2.45, 2.75) is 18.9 Å². The van der Waals surface area contributed by atoms with Crippen LogP contribution < -0.4 is 16.0 Å². The van der Waals surface area contributed by atoms with Gasteiger partial charge in [0.05, 0.1) is 5.75 Å². The van der Waals surface area contributed by atoms with Gasteiger partial charge >= 0.3 is 0 Å². The lowest BCUT2D eigenvalue weighted by Crippen LogP contribution is -2.51. The van der Waals surface area contributed by atoms with Gasteiger partial charge in [0.15, 0.2) is 0 Å². The number of rotatable bonds is 13. The van der Waals surface area contributed by atoms with Crippen LogP contribution in [-0.2, 0) is 45.8 Å². The molecule has 0 spiro atoms. The summed E-state index contributed by atoms with van der Waals surface area (Å²) in [4.78, 5) is 47.5. The summed E-state index contributed by atoms with van der Waals surface area (Å²) in [5, 5.41) is 6.41. The number of hydrogen-bond donors (Lipinski definition) is 5. The summed E-state index contributed by atoms with van der Waals surface area (Å²) in [5.74, 6) is -5.87. The van der Waals surface area contributed by atoms with Crippen LogP contribution in [0.1, 0.15) is 12.0 Å². The first kappa shape index (κ1) is 27.2. The molecule has 0 aliphatic carbocycles. The number of nitrogens with one attached hydrogen (secondary N) is 3.